The topological polar surface area (TPSA) is 46.6 Å². The van der Waals surface area contributed by atoms with Gasteiger partial charge in [0, 0.05) is 12.6 Å². The van der Waals surface area contributed by atoms with Crippen LogP contribution in [-0.4, -0.2) is 30.9 Å². The van der Waals surface area contributed by atoms with Crippen molar-refractivity contribution in [1.29, 1.82) is 0 Å². The Balaban J connectivity index is 2.28. The van der Waals surface area contributed by atoms with Gasteiger partial charge in [-0.05, 0) is 19.9 Å². The third-order valence-electron chi connectivity index (χ3n) is 2.76. The number of Topliss-reactive ketones (excluding diaryl/α,β-unsaturated/α-hetero) is 1. The van der Waals surface area contributed by atoms with E-state index in [1.807, 2.05) is 13.8 Å². The number of ketones is 1. The molecule has 0 saturated heterocycles. The Labute approximate surface area is 109 Å². The first-order chi connectivity index (χ1) is 8.91. The number of halogens is 2. The predicted molar refractivity (Wildman–Crippen MR) is 64.1 cm³/mol. The number of ether oxygens (including phenoxy) is 1. The van der Waals surface area contributed by atoms with Crippen LogP contribution in [0.5, 0.6) is 0 Å². The highest BCUT2D eigenvalue weighted by molar-refractivity contribution is 6.52. The largest absolute Gasteiger partial charge is 0.377 e. The third kappa shape index (κ3) is 2.49. The Morgan fingerprint density at radius 2 is 1.95 bits per heavy atom. The van der Waals surface area contributed by atoms with Crippen molar-refractivity contribution in [3.63, 3.8) is 0 Å². The SMILES string of the molecule is CC(C)OCCN1C(=O)C(=O)c2c(F)cc(F)cc21. The molecule has 0 aliphatic carbocycles. The molecule has 0 N–H and O–H groups in total. The summed E-state index contributed by atoms with van der Waals surface area (Å²) in [6.45, 7) is 3.92. The van der Waals surface area contributed by atoms with E-state index in [1.165, 1.54) is 0 Å². The molecule has 1 amide bonds. The number of carbonyl (C=O) groups excluding carboxylic acids is 2. The summed E-state index contributed by atoms with van der Waals surface area (Å²) in [4.78, 5) is 24.4. The molecule has 0 bridgehead atoms. The van der Waals surface area contributed by atoms with E-state index < -0.39 is 23.3 Å². The summed E-state index contributed by atoms with van der Waals surface area (Å²) in [5.41, 5.74) is -0.393. The van der Waals surface area contributed by atoms with Crippen LogP contribution in [0.15, 0.2) is 12.1 Å². The lowest BCUT2D eigenvalue weighted by molar-refractivity contribution is -0.114. The second-order valence-electron chi connectivity index (χ2n) is 4.49. The number of hydrogen-bond acceptors (Lipinski definition) is 3. The van der Waals surface area contributed by atoms with Gasteiger partial charge in [-0.3, -0.25) is 9.59 Å². The molecular formula is C13H13F2NO3. The minimum atomic E-state index is -1.01. The molecule has 0 saturated carbocycles. The quantitative estimate of drug-likeness (QED) is 0.784. The molecule has 0 unspecified atom stereocenters. The highest BCUT2D eigenvalue weighted by Gasteiger charge is 2.38. The molecule has 1 aromatic rings. The average molecular weight is 269 g/mol. The van der Waals surface area contributed by atoms with Crippen LogP contribution >= 0.6 is 0 Å². The molecule has 0 spiro atoms. The average Bonchev–Trinajstić information content (AvgIpc) is 2.53. The van der Waals surface area contributed by atoms with Crippen molar-refractivity contribution in [1.82, 2.24) is 0 Å². The first kappa shape index (κ1) is 13.6. The normalized spacial score (nSPS) is 14.5. The lowest BCUT2D eigenvalue weighted by atomic mass is 10.1. The lowest BCUT2D eigenvalue weighted by Gasteiger charge is -2.17. The van der Waals surface area contributed by atoms with Crippen molar-refractivity contribution in [2.24, 2.45) is 0 Å². The summed E-state index contributed by atoms with van der Waals surface area (Å²) in [5.74, 6) is -3.64. The Bertz CT molecular complexity index is 543. The van der Waals surface area contributed by atoms with Crippen LogP contribution in [0.3, 0.4) is 0 Å². The zero-order chi connectivity index (χ0) is 14.2. The number of hydrogen-bond donors (Lipinski definition) is 0. The van der Waals surface area contributed by atoms with Crippen molar-refractivity contribution >= 4 is 17.4 Å². The van der Waals surface area contributed by atoms with Gasteiger partial charge in [0.15, 0.2) is 0 Å². The van der Waals surface area contributed by atoms with Gasteiger partial charge in [0.25, 0.3) is 11.7 Å². The van der Waals surface area contributed by atoms with Crippen molar-refractivity contribution in [2.45, 2.75) is 20.0 Å². The van der Waals surface area contributed by atoms with Gasteiger partial charge in [-0.15, -0.1) is 0 Å². The first-order valence-corrected chi connectivity index (χ1v) is 5.88. The van der Waals surface area contributed by atoms with Crippen molar-refractivity contribution in [2.75, 3.05) is 18.1 Å². The number of anilines is 1. The zero-order valence-corrected chi connectivity index (χ0v) is 10.6. The molecule has 1 aliphatic heterocycles. The molecule has 0 atom stereocenters. The van der Waals surface area contributed by atoms with Gasteiger partial charge in [-0.25, -0.2) is 8.78 Å². The summed E-state index contributed by atoms with van der Waals surface area (Å²) >= 11 is 0. The molecule has 4 nitrogen and oxygen atoms in total. The molecule has 1 heterocycles. The molecule has 19 heavy (non-hydrogen) atoms. The van der Waals surface area contributed by atoms with E-state index in [-0.39, 0.29) is 30.5 Å². The molecule has 102 valence electrons. The maximum atomic E-state index is 13.5. The van der Waals surface area contributed by atoms with Crippen LogP contribution in [0.2, 0.25) is 0 Å². The minimum Gasteiger partial charge on any atom is -0.377 e. The first-order valence-electron chi connectivity index (χ1n) is 5.88. The fraction of sp³-hybridized carbons (Fsp3) is 0.385. The van der Waals surface area contributed by atoms with Gasteiger partial charge >= 0.3 is 0 Å². The summed E-state index contributed by atoms with van der Waals surface area (Å²) < 4.78 is 32.0. The fourth-order valence-electron chi connectivity index (χ4n) is 1.94. The summed E-state index contributed by atoms with van der Waals surface area (Å²) in [6.07, 6.45) is -0.0304. The van der Waals surface area contributed by atoms with Crippen LogP contribution in [0, 0.1) is 11.6 Å². The van der Waals surface area contributed by atoms with Crippen LogP contribution < -0.4 is 4.90 Å². The van der Waals surface area contributed by atoms with Gasteiger partial charge in [0.1, 0.15) is 11.6 Å². The Morgan fingerprint density at radius 1 is 1.26 bits per heavy atom. The van der Waals surface area contributed by atoms with E-state index in [0.717, 1.165) is 11.0 Å². The Morgan fingerprint density at radius 3 is 2.58 bits per heavy atom. The molecule has 0 fully saturated rings. The fourth-order valence-corrected chi connectivity index (χ4v) is 1.94. The molecule has 0 radical (unpaired) electrons. The molecular weight excluding hydrogens is 256 g/mol. The summed E-state index contributed by atoms with van der Waals surface area (Å²) in [5, 5.41) is 0. The molecule has 0 aromatic heterocycles. The zero-order valence-electron chi connectivity index (χ0n) is 10.6. The van der Waals surface area contributed by atoms with E-state index in [4.69, 9.17) is 4.74 Å². The molecule has 2 rings (SSSR count). The Hall–Kier alpha value is -1.82. The van der Waals surface area contributed by atoms with Crippen LogP contribution in [0.1, 0.15) is 24.2 Å². The second kappa shape index (κ2) is 5.05. The maximum Gasteiger partial charge on any atom is 0.299 e. The van der Waals surface area contributed by atoms with E-state index in [2.05, 4.69) is 0 Å². The number of benzene rings is 1. The second-order valence-corrected chi connectivity index (χ2v) is 4.49. The number of carbonyl (C=O) groups is 2. The van der Waals surface area contributed by atoms with Crippen LogP contribution in [0.4, 0.5) is 14.5 Å². The number of fused-ring (bicyclic) bond motifs is 1. The lowest BCUT2D eigenvalue weighted by Crippen LogP contribution is -2.33. The van der Waals surface area contributed by atoms with Gasteiger partial charge in [0.2, 0.25) is 0 Å². The predicted octanol–water partition coefficient (Wildman–Crippen LogP) is 1.92. The monoisotopic (exact) mass is 269 g/mol. The summed E-state index contributed by atoms with van der Waals surface area (Å²) in [6, 6.07) is 1.58. The number of nitrogens with zero attached hydrogens (tertiary/aromatic N) is 1. The van der Waals surface area contributed by atoms with E-state index in [1.54, 1.807) is 0 Å². The summed E-state index contributed by atoms with van der Waals surface area (Å²) in [7, 11) is 0. The van der Waals surface area contributed by atoms with Crippen molar-refractivity contribution in [3.05, 3.63) is 29.3 Å². The van der Waals surface area contributed by atoms with Gasteiger partial charge in [-0.1, -0.05) is 0 Å². The van der Waals surface area contributed by atoms with Gasteiger partial charge < -0.3 is 9.64 Å². The highest BCUT2D eigenvalue weighted by Crippen LogP contribution is 2.31. The highest BCUT2D eigenvalue weighted by atomic mass is 19.1. The van der Waals surface area contributed by atoms with E-state index in [0.29, 0.717) is 6.07 Å². The standard InChI is InChI=1S/C13H13F2NO3/c1-7(2)19-4-3-16-10-6-8(14)5-9(15)11(10)12(17)13(16)18/h5-7H,3-4H2,1-2H3. The smallest absolute Gasteiger partial charge is 0.299 e. The minimum absolute atomic E-state index is 0.0279. The van der Waals surface area contributed by atoms with Crippen molar-refractivity contribution in [3.8, 4) is 0 Å². The molecule has 6 heteroatoms. The number of rotatable bonds is 4. The van der Waals surface area contributed by atoms with E-state index in [9.17, 15) is 18.4 Å². The van der Waals surface area contributed by atoms with E-state index >= 15 is 0 Å². The van der Waals surface area contributed by atoms with Crippen LogP contribution in [0.25, 0.3) is 0 Å². The van der Waals surface area contributed by atoms with Crippen LogP contribution in [-0.2, 0) is 9.53 Å². The maximum absolute atomic E-state index is 13.5. The Kier molecular flexibility index (Phi) is 3.61. The number of amides is 1. The van der Waals surface area contributed by atoms with Crippen molar-refractivity contribution < 1.29 is 23.1 Å². The van der Waals surface area contributed by atoms with Gasteiger partial charge in [-0.2, -0.15) is 0 Å². The third-order valence-corrected chi connectivity index (χ3v) is 2.76. The molecule has 1 aromatic carbocycles. The van der Waals surface area contributed by atoms with Gasteiger partial charge in [0.05, 0.1) is 24.0 Å². The molecule has 1 aliphatic rings.